The lowest BCUT2D eigenvalue weighted by atomic mass is 10.0. The molecule has 4 aromatic carbocycles. The van der Waals surface area contributed by atoms with Crippen molar-refractivity contribution in [1.29, 1.82) is 0 Å². The molecular weight excluding hydrogens is 745 g/mol. The van der Waals surface area contributed by atoms with Gasteiger partial charge in [-0.25, -0.2) is 4.68 Å². The van der Waals surface area contributed by atoms with Crippen molar-refractivity contribution in [3.8, 4) is 22.9 Å². The second kappa shape index (κ2) is 17.5. The van der Waals surface area contributed by atoms with Gasteiger partial charge in [0.05, 0.1) is 31.2 Å². The van der Waals surface area contributed by atoms with Gasteiger partial charge in [0.25, 0.3) is 11.8 Å². The van der Waals surface area contributed by atoms with Crippen LogP contribution < -0.4 is 41.2 Å². The lowest BCUT2D eigenvalue weighted by Gasteiger charge is -2.28. The van der Waals surface area contributed by atoms with Crippen molar-refractivity contribution >= 4 is 40.5 Å². The van der Waals surface area contributed by atoms with E-state index in [9.17, 15) is 19.3 Å². The van der Waals surface area contributed by atoms with Gasteiger partial charge < -0.3 is 41.6 Å². The summed E-state index contributed by atoms with van der Waals surface area (Å²) in [6.45, 7) is 0.868. The highest BCUT2D eigenvalue weighted by Crippen LogP contribution is 2.31. The van der Waals surface area contributed by atoms with Gasteiger partial charge in [-0.3, -0.25) is 14.4 Å². The minimum absolute atomic E-state index is 0.0688. The van der Waals surface area contributed by atoms with E-state index in [0.717, 1.165) is 24.0 Å². The van der Waals surface area contributed by atoms with E-state index in [1.165, 1.54) is 0 Å². The lowest BCUT2D eigenvalue weighted by molar-refractivity contribution is -0.657. The smallest absolute Gasteiger partial charge is 0.326 e. The van der Waals surface area contributed by atoms with Crippen LogP contribution in [0, 0.1) is 4.91 Å². The number of anilines is 4. The number of hydrogen-bond donors (Lipinski definition) is 5. The van der Waals surface area contributed by atoms with Gasteiger partial charge in [0, 0.05) is 60.6 Å². The van der Waals surface area contributed by atoms with Crippen LogP contribution in [0.2, 0.25) is 0 Å². The predicted molar refractivity (Wildman–Crippen MR) is 218 cm³/mol. The number of ether oxygens (including phenoxy) is 2. The van der Waals surface area contributed by atoms with Crippen molar-refractivity contribution < 1.29 is 33.6 Å². The summed E-state index contributed by atoms with van der Waals surface area (Å²) in [6.07, 6.45) is 1.09. The van der Waals surface area contributed by atoms with E-state index in [4.69, 9.17) is 31.8 Å². The first-order valence-electron chi connectivity index (χ1n) is 18.1. The van der Waals surface area contributed by atoms with E-state index in [-0.39, 0.29) is 24.1 Å². The van der Waals surface area contributed by atoms with E-state index in [2.05, 4.69) is 15.4 Å². The Labute approximate surface area is 333 Å². The normalized spacial score (nSPS) is 13.0. The number of fused-ring (bicyclic) bond motifs is 2. The van der Waals surface area contributed by atoms with Gasteiger partial charge in [0.2, 0.25) is 5.69 Å². The number of aromatic amines is 1. The molecule has 0 bridgehead atoms. The van der Waals surface area contributed by atoms with Gasteiger partial charge in [-0.2, -0.15) is 15.1 Å². The number of hydrogen-bond acceptors (Lipinski definition) is 11. The summed E-state index contributed by atoms with van der Waals surface area (Å²) < 4.78 is 13.6. The Morgan fingerprint density at radius 1 is 0.759 bits per heavy atom. The zero-order valence-electron chi connectivity index (χ0n) is 32.1. The molecule has 17 heteroatoms. The number of carbonyl (C=O) groups is 3. The van der Waals surface area contributed by atoms with Crippen molar-refractivity contribution in [2.45, 2.75) is 19.4 Å². The van der Waals surface area contributed by atoms with Gasteiger partial charge in [-0.1, -0.05) is 9.86 Å². The number of primary amides is 1. The maximum Gasteiger partial charge on any atom is 0.326 e. The molecule has 0 fully saturated rings. The van der Waals surface area contributed by atoms with Crippen LogP contribution in [-0.4, -0.2) is 72.1 Å². The second-order valence-electron chi connectivity index (χ2n) is 13.0. The van der Waals surface area contributed by atoms with E-state index >= 15 is 0 Å². The number of benzene rings is 4. The molecule has 6 aromatic rings. The average molecular weight is 788 g/mol. The zero-order chi connectivity index (χ0) is 41.5. The van der Waals surface area contributed by atoms with Gasteiger partial charge in [-0.05, 0) is 97.8 Å². The van der Waals surface area contributed by atoms with Crippen molar-refractivity contribution in [1.82, 2.24) is 14.9 Å². The number of nitrogens with one attached hydrogen (secondary N) is 1. The minimum Gasteiger partial charge on any atom is -0.497 e. The number of nitrogens with two attached hydrogens (primary N) is 3. The summed E-state index contributed by atoms with van der Waals surface area (Å²) in [5, 5.41) is 17.5. The number of nitrogens with zero attached hydrogens (tertiary/aromatic N) is 6. The van der Waals surface area contributed by atoms with Crippen LogP contribution >= 0.6 is 0 Å². The fraction of sp³-hybridized carbons (Fsp3) is 0.195. The van der Waals surface area contributed by atoms with Crippen molar-refractivity contribution in [2.24, 2.45) is 10.9 Å². The SMILES string of the molecule is CO.COc1ccc(-[n+]2[nH]c(C(N)=O)c3c2C(=O)N(c2ccc(N)cc2)CC3)cc1.COc1ccc(-n2nc(CN=O)c3c2C(=O)N(c2ccc(N)cc2)CC3)cc1. The summed E-state index contributed by atoms with van der Waals surface area (Å²) in [7, 11) is 4.17. The van der Waals surface area contributed by atoms with Crippen molar-refractivity contribution in [3.05, 3.63) is 136 Å². The fourth-order valence-electron chi connectivity index (χ4n) is 6.87. The van der Waals surface area contributed by atoms with Crippen LogP contribution in [0.1, 0.15) is 48.3 Å². The third-order valence-corrected chi connectivity index (χ3v) is 9.69. The van der Waals surface area contributed by atoms with E-state index in [0.29, 0.717) is 82.8 Å². The first-order chi connectivity index (χ1) is 28.1. The third-order valence-electron chi connectivity index (χ3n) is 9.69. The summed E-state index contributed by atoms with van der Waals surface area (Å²) in [5.41, 5.74) is 24.2. The van der Waals surface area contributed by atoms with Crippen LogP contribution in [0.3, 0.4) is 0 Å². The molecule has 2 aliphatic heterocycles. The molecule has 298 valence electrons. The predicted octanol–water partition coefficient (Wildman–Crippen LogP) is 3.72. The molecule has 0 unspecified atom stereocenters. The molecule has 17 nitrogen and oxygen atoms in total. The number of aromatic nitrogens is 4. The molecule has 0 saturated heterocycles. The van der Waals surface area contributed by atoms with E-state index in [1.807, 2.05) is 24.3 Å². The molecule has 0 radical (unpaired) electrons. The summed E-state index contributed by atoms with van der Waals surface area (Å²) in [6, 6.07) is 28.7. The average Bonchev–Trinajstić information content (AvgIpc) is 3.83. The number of rotatable bonds is 9. The molecule has 4 heterocycles. The Bertz CT molecular complexity index is 2430. The highest BCUT2D eigenvalue weighted by molar-refractivity contribution is 6.08. The zero-order valence-corrected chi connectivity index (χ0v) is 32.1. The topological polar surface area (TPSA) is 241 Å². The van der Waals surface area contributed by atoms with Gasteiger partial charge in [0.15, 0.2) is 5.69 Å². The number of carbonyl (C=O) groups excluding carboxylic acids is 3. The number of amides is 3. The number of methoxy groups -OCH3 is 2. The van der Waals surface area contributed by atoms with E-state index < -0.39 is 5.91 Å². The Hall–Kier alpha value is -7.53. The highest BCUT2D eigenvalue weighted by atomic mass is 16.5. The summed E-state index contributed by atoms with van der Waals surface area (Å²) in [5.74, 6) is 0.401. The van der Waals surface area contributed by atoms with Crippen LogP contribution in [-0.2, 0) is 19.4 Å². The molecule has 2 aromatic heterocycles. The van der Waals surface area contributed by atoms with Gasteiger partial charge in [-0.15, -0.1) is 0 Å². The molecule has 0 saturated carbocycles. The molecule has 8 rings (SSSR count). The Kier molecular flexibility index (Phi) is 12.1. The molecular formula is C41H43N10O7+. The minimum atomic E-state index is -0.600. The fourth-order valence-corrected chi connectivity index (χ4v) is 6.87. The maximum atomic E-state index is 13.3. The van der Waals surface area contributed by atoms with Crippen LogP contribution in [0.15, 0.2) is 102 Å². The van der Waals surface area contributed by atoms with E-state index in [1.54, 1.807) is 106 Å². The van der Waals surface area contributed by atoms with Gasteiger partial charge in [0.1, 0.15) is 23.7 Å². The molecule has 2 aliphatic rings. The van der Waals surface area contributed by atoms with Gasteiger partial charge >= 0.3 is 11.6 Å². The monoisotopic (exact) mass is 787 g/mol. The lowest BCUT2D eigenvalue weighted by Crippen LogP contribution is -2.47. The first-order valence-corrected chi connectivity index (χ1v) is 18.1. The largest absolute Gasteiger partial charge is 0.497 e. The molecule has 58 heavy (non-hydrogen) atoms. The van der Waals surface area contributed by atoms with Crippen LogP contribution in [0.25, 0.3) is 11.4 Å². The maximum absolute atomic E-state index is 13.3. The number of aliphatic hydroxyl groups excluding tert-OH is 1. The third kappa shape index (κ3) is 7.92. The molecule has 0 aliphatic carbocycles. The number of nitrogen functional groups attached to an aromatic ring is 2. The quantitative estimate of drug-likeness (QED) is 0.0808. The Balaban J connectivity index is 0.000000188. The second-order valence-corrected chi connectivity index (χ2v) is 13.0. The van der Waals surface area contributed by atoms with Crippen molar-refractivity contribution in [3.63, 3.8) is 0 Å². The molecule has 8 N–H and O–H groups in total. The number of H-pyrrole nitrogens is 1. The molecule has 0 atom stereocenters. The highest BCUT2D eigenvalue weighted by Gasteiger charge is 2.41. The summed E-state index contributed by atoms with van der Waals surface area (Å²) in [4.78, 5) is 52.8. The summed E-state index contributed by atoms with van der Waals surface area (Å²) >= 11 is 0. The number of nitroso groups, excluding NO2 is 1. The molecule has 0 spiro atoms. The molecule has 3 amide bonds. The Morgan fingerprint density at radius 2 is 1.24 bits per heavy atom. The van der Waals surface area contributed by atoms with Crippen LogP contribution in [0.4, 0.5) is 22.7 Å². The van der Waals surface area contributed by atoms with Crippen LogP contribution in [0.5, 0.6) is 11.5 Å². The Morgan fingerprint density at radius 3 is 1.74 bits per heavy atom. The standard InChI is InChI=1S/2C20H19N5O3.CH4O/c1-28-16-8-6-15(7-9-16)25-19-17(18(23-25)12-22-27)10-11-24(20(19)26)14-4-2-13(21)3-5-14;1-28-15-8-6-14(7-9-15)25-18-16(17(23-25)19(22)26)10-11-24(20(18)27)13-4-2-12(21)3-5-13;1-2/h2-9H,10-12,21H2,1H3;2-9H,10-11,21H2,1H3,(H2,22,26);2H,1H3/p+1. The first kappa shape index (κ1) is 40.1. The number of aliphatic hydroxyl groups is 1. The van der Waals surface area contributed by atoms with Crippen molar-refractivity contribution in [2.75, 3.05) is 55.7 Å².